The third kappa shape index (κ3) is 3.44. The molecular formula is C12H21N5O2. The Morgan fingerprint density at radius 3 is 2.84 bits per heavy atom. The van der Waals surface area contributed by atoms with Gasteiger partial charge in [-0.25, -0.2) is 0 Å². The van der Waals surface area contributed by atoms with Crippen LogP contribution in [0.2, 0.25) is 0 Å². The van der Waals surface area contributed by atoms with E-state index in [0.717, 1.165) is 32.7 Å². The molecule has 0 bridgehead atoms. The Morgan fingerprint density at radius 2 is 2.16 bits per heavy atom. The smallest absolute Gasteiger partial charge is 0.322 e. The van der Waals surface area contributed by atoms with Crippen LogP contribution in [0.1, 0.15) is 13.3 Å². The maximum atomic E-state index is 5.20. The van der Waals surface area contributed by atoms with Crippen LogP contribution in [-0.2, 0) is 4.74 Å². The van der Waals surface area contributed by atoms with E-state index in [1.54, 1.807) is 14.2 Å². The summed E-state index contributed by atoms with van der Waals surface area (Å²) in [6.07, 6.45) is 1.10. The molecule has 1 aromatic rings. The molecule has 1 N–H and O–H groups in total. The molecule has 0 aromatic carbocycles. The average molecular weight is 267 g/mol. The van der Waals surface area contributed by atoms with Gasteiger partial charge in [-0.3, -0.25) is 0 Å². The van der Waals surface area contributed by atoms with Gasteiger partial charge in [0.25, 0.3) is 0 Å². The minimum Gasteiger partial charge on any atom is -0.467 e. The highest BCUT2D eigenvalue weighted by atomic mass is 16.5. The largest absolute Gasteiger partial charge is 0.467 e. The number of ether oxygens (including phenoxy) is 2. The molecule has 2 rings (SSSR count). The van der Waals surface area contributed by atoms with Gasteiger partial charge in [0.1, 0.15) is 0 Å². The molecule has 106 valence electrons. The predicted molar refractivity (Wildman–Crippen MR) is 72.7 cm³/mol. The van der Waals surface area contributed by atoms with Gasteiger partial charge < -0.3 is 19.7 Å². The van der Waals surface area contributed by atoms with Gasteiger partial charge in [0.05, 0.1) is 13.7 Å². The van der Waals surface area contributed by atoms with Gasteiger partial charge in [-0.05, 0) is 13.3 Å². The van der Waals surface area contributed by atoms with Crippen molar-refractivity contribution in [3.63, 3.8) is 0 Å². The molecule has 0 saturated carbocycles. The van der Waals surface area contributed by atoms with E-state index in [2.05, 4.69) is 25.2 Å². The van der Waals surface area contributed by atoms with Crippen molar-refractivity contribution in [2.45, 2.75) is 13.3 Å². The summed E-state index contributed by atoms with van der Waals surface area (Å²) in [7, 11) is 3.30. The number of nitrogens with one attached hydrogen (secondary N) is 1. The molecule has 1 aromatic heterocycles. The van der Waals surface area contributed by atoms with E-state index in [1.165, 1.54) is 0 Å². The van der Waals surface area contributed by atoms with E-state index < -0.39 is 0 Å². The summed E-state index contributed by atoms with van der Waals surface area (Å²) >= 11 is 0. The number of methoxy groups -OCH3 is 2. The maximum Gasteiger partial charge on any atom is 0.322 e. The van der Waals surface area contributed by atoms with Gasteiger partial charge in [-0.1, -0.05) is 0 Å². The Kier molecular flexibility index (Phi) is 4.73. The fourth-order valence-corrected chi connectivity index (χ4v) is 2.20. The zero-order valence-corrected chi connectivity index (χ0v) is 11.7. The molecular weight excluding hydrogens is 246 g/mol. The summed E-state index contributed by atoms with van der Waals surface area (Å²) in [6.45, 7) is 5.39. The number of hydrogen-bond acceptors (Lipinski definition) is 7. The lowest BCUT2D eigenvalue weighted by Crippen LogP contribution is -2.24. The minimum absolute atomic E-state index is 0.344. The summed E-state index contributed by atoms with van der Waals surface area (Å²) < 4.78 is 10.3. The number of hydrogen-bond donors (Lipinski definition) is 1. The van der Waals surface area contributed by atoms with Gasteiger partial charge in [-0.15, -0.1) is 0 Å². The van der Waals surface area contributed by atoms with E-state index in [-0.39, 0.29) is 0 Å². The molecule has 1 fully saturated rings. The number of anilines is 2. The van der Waals surface area contributed by atoms with E-state index in [0.29, 0.717) is 23.8 Å². The molecule has 1 atom stereocenters. The van der Waals surface area contributed by atoms with Crippen LogP contribution in [0.25, 0.3) is 0 Å². The highest BCUT2D eigenvalue weighted by Crippen LogP contribution is 2.23. The first-order valence-electron chi connectivity index (χ1n) is 6.54. The van der Waals surface area contributed by atoms with Crippen LogP contribution in [0, 0.1) is 5.92 Å². The summed E-state index contributed by atoms with van der Waals surface area (Å²) in [5.41, 5.74) is 0. The van der Waals surface area contributed by atoms with Gasteiger partial charge in [-0.2, -0.15) is 15.0 Å². The van der Waals surface area contributed by atoms with E-state index in [9.17, 15) is 0 Å². The first kappa shape index (κ1) is 13.8. The number of nitrogens with zero attached hydrogens (tertiary/aromatic N) is 4. The summed E-state index contributed by atoms with van der Waals surface area (Å²) in [4.78, 5) is 15.0. The van der Waals surface area contributed by atoms with E-state index in [4.69, 9.17) is 9.47 Å². The van der Waals surface area contributed by atoms with Gasteiger partial charge in [0, 0.05) is 32.7 Å². The molecule has 1 saturated heterocycles. The molecule has 0 aliphatic carbocycles. The van der Waals surface area contributed by atoms with Crippen LogP contribution in [0.15, 0.2) is 0 Å². The molecule has 7 nitrogen and oxygen atoms in total. The maximum absolute atomic E-state index is 5.20. The van der Waals surface area contributed by atoms with Crippen LogP contribution in [-0.4, -0.2) is 55.4 Å². The zero-order chi connectivity index (χ0) is 13.7. The number of rotatable bonds is 6. The molecule has 1 aliphatic rings. The Labute approximate surface area is 113 Å². The predicted octanol–water partition coefficient (Wildman–Crippen LogP) is 0.785. The van der Waals surface area contributed by atoms with Crippen LogP contribution >= 0.6 is 0 Å². The Balaban J connectivity index is 2.12. The van der Waals surface area contributed by atoms with Crippen LogP contribution < -0.4 is 15.0 Å². The first-order chi connectivity index (χ1) is 9.26. The second-order valence-corrected chi connectivity index (χ2v) is 4.53. The molecule has 2 heterocycles. The zero-order valence-electron chi connectivity index (χ0n) is 11.7. The van der Waals surface area contributed by atoms with Crippen molar-refractivity contribution in [1.29, 1.82) is 0 Å². The molecule has 0 spiro atoms. The summed E-state index contributed by atoms with van der Waals surface area (Å²) in [6, 6.07) is 0.344. The molecule has 19 heavy (non-hydrogen) atoms. The highest BCUT2D eigenvalue weighted by molar-refractivity contribution is 5.39. The lowest BCUT2D eigenvalue weighted by Gasteiger charge is -2.17. The van der Waals surface area contributed by atoms with Crippen molar-refractivity contribution >= 4 is 11.9 Å². The normalized spacial score (nSPS) is 18.7. The quantitative estimate of drug-likeness (QED) is 0.816. The van der Waals surface area contributed by atoms with Gasteiger partial charge in [0.2, 0.25) is 11.9 Å². The van der Waals surface area contributed by atoms with Crippen molar-refractivity contribution in [1.82, 2.24) is 15.0 Å². The molecule has 0 radical (unpaired) electrons. The Hall–Kier alpha value is -1.63. The summed E-state index contributed by atoms with van der Waals surface area (Å²) in [5, 5.41) is 3.09. The van der Waals surface area contributed by atoms with Crippen molar-refractivity contribution in [3.05, 3.63) is 0 Å². The monoisotopic (exact) mass is 267 g/mol. The highest BCUT2D eigenvalue weighted by Gasteiger charge is 2.25. The fourth-order valence-electron chi connectivity index (χ4n) is 2.20. The van der Waals surface area contributed by atoms with Crippen molar-refractivity contribution < 1.29 is 9.47 Å². The number of aromatic nitrogens is 3. The second kappa shape index (κ2) is 6.51. The third-order valence-corrected chi connectivity index (χ3v) is 3.09. The second-order valence-electron chi connectivity index (χ2n) is 4.53. The average Bonchev–Trinajstić information content (AvgIpc) is 2.88. The van der Waals surface area contributed by atoms with Crippen LogP contribution in [0.4, 0.5) is 11.9 Å². The standard InChI is InChI=1S/C12H21N5O2/c1-4-13-10-14-11(16-12(15-10)19-3)17-6-5-9(7-17)8-18-2/h9H,4-8H2,1-3H3,(H,13,14,15,16). The van der Waals surface area contributed by atoms with Crippen LogP contribution in [0.3, 0.4) is 0 Å². The van der Waals surface area contributed by atoms with Crippen LogP contribution in [0.5, 0.6) is 6.01 Å². The van der Waals surface area contributed by atoms with Gasteiger partial charge in [0.15, 0.2) is 0 Å². The first-order valence-corrected chi connectivity index (χ1v) is 6.54. The Bertz CT molecular complexity index is 415. The van der Waals surface area contributed by atoms with Crippen molar-refractivity contribution in [2.75, 3.05) is 50.7 Å². The minimum atomic E-state index is 0.344. The van der Waals surface area contributed by atoms with Crippen molar-refractivity contribution in [3.8, 4) is 6.01 Å². The topological polar surface area (TPSA) is 72.4 Å². The third-order valence-electron chi connectivity index (χ3n) is 3.09. The van der Waals surface area contributed by atoms with Crippen molar-refractivity contribution in [2.24, 2.45) is 5.92 Å². The molecule has 1 unspecified atom stereocenters. The van der Waals surface area contributed by atoms with Gasteiger partial charge >= 0.3 is 6.01 Å². The molecule has 1 aliphatic heterocycles. The van der Waals surface area contributed by atoms with E-state index >= 15 is 0 Å². The lowest BCUT2D eigenvalue weighted by atomic mass is 10.1. The van der Waals surface area contributed by atoms with E-state index in [1.807, 2.05) is 6.92 Å². The summed E-state index contributed by atoms with van der Waals surface area (Å²) in [5.74, 6) is 1.76. The fraction of sp³-hybridized carbons (Fsp3) is 0.750. The molecule has 0 amide bonds. The Morgan fingerprint density at radius 1 is 1.32 bits per heavy atom. The molecule has 7 heteroatoms. The lowest BCUT2D eigenvalue weighted by molar-refractivity contribution is 0.161. The SMILES string of the molecule is CCNc1nc(OC)nc(N2CCC(COC)C2)n1.